The molecular formula is C18H23NO4. The van der Waals surface area contributed by atoms with E-state index in [-0.39, 0.29) is 19.1 Å². The normalized spacial score (nSPS) is 12.2. The Morgan fingerprint density at radius 1 is 1.35 bits per heavy atom. The second-order valence-electron chi connectivity index (χ2n) is 5.80. The highest BCUT2D eigenvalue weighted by Gasteiger charge is 2.17. The molecule has 0 aliphatic carbocycles. The quantitative estimate of drug-likeness (QED) is 0.823. The minimum Gasteiger partial charge on any atom is -0.483 e. The summed E-state index contributed by atoms with van der Waals surface area (Å²) in [6.45, 7) is 5.80. The first-order chi connectivity index (χ1) is 11.0. The van der Waals surface area contributed by atoms with Gasteiger partial charge < -0.3 is 19.6 Å². The van der Waals surface area contributed by atoms with Crippen molar-refractivity contribution >= 4 is 5.91 Å². The van der Waals surface area contributed by atoms with Crippen molar-refractivity contribution in [2.24, 2.45) is 0 Å². The summed E-state index contributed by atoms with van der Waals surface area (Å²) < 4.78 is 10.9. The third kappa shape index (κ3) is 4.60. The average molecular weight is 317 g/mol. The first-order valence-electron chi connectivity index (χ1n) is 7.68. The molecule has 0 spiro atoms. The molecule has 5 heteroatoms. The van der Waals surface area contributed by atoms with Crippen LogP contribution in [-0.4, -0.2) is 24.2 Å². The number of hydrogen-bond acceptors (Lipinski definition) is 4. The number of aliphatic hydroxyl groups is 1. The molecule has 1 amide bonds. The van der Waals surface area contributed by atoms with E-state index in [1.165, 1.54) is 6.26 Å². The molecule has 2 N–H and O–H groups in total. The summed E-state index contributed by atoms with van der Waals surface area (Å²) >= 11 is 0. The lowest BCUT2D eigenvalue weighted by Crippen LogP contribution is -2.34. The number of carbonyl (C=O) groups excluding carboxylic acids is 1. The van der Waals surface area contributed by atoms with Gasteiger partial charge in [-0.3, -0.25) is 4.79 Å². The van der Waals surface area contributed by atoms with Crippen LogP contribution in [0.15, 0.2) is 41.0 Å². The molecular weight excluding hydrogens is 294 g/mol. The summed E-state index contributed by atoms with van der Waals surface area (Å²) in [6.07, 6.45) is 1.50. The Balaban J connectivity index is 1.98. The summed E-state index contributed by atoms with van der Waals surface area (Å²) in [7, 11) is 0. The molecule has 1 atom stereocenters. The van der Waals surface area contributed by atoms with E-state index in [1.807, 2.05) is 25.1 Å². The first kappa shape index (κ1) is 17.1. The predicted octanol–water partition coefficient (Wildman–Crippen LogP) is 2.94. The number of carbonyl (C=O) groups is 1. The van der Waals surface area contributed by atoms with Crippen molar-refractivity contribution in [2.75, 3.05) is 13.2 Å². The number of aryl methyl sites for hydroxylation is 1. The lowest BCUT2D eigenvalue weighted by atomic mass is 10.0. The van der Waals surface area contributed by atoms with Crippen molar-refractivity contribution in [3.63, 3.8) is 0 Å². The molecule has 0 radical (unpaired) electrons. The minimum atomic E-state index is -0.567. The van der Waals surface area contributed by atoms with Crippen molar-refractivity contribution < 1.29 is 19.1 Å². The van der Waals surface area contributed by atoms with E-state index < -0.39 is 6.04 Å². The number of ether oxygens (including phenoxy) is 1. The Morgan fingerprint density at radius 3 is 2.74 bits per heavy atom. The number of nitrogens with one attached hydrogen (secondary N) is 1. The third-order valence-corrected chi connectivity index (χ3v) is 3.55. The molecule has 1 unspecified atom stereocenters. The number of rotatable bonds is 7. The van der Waals surface area contributed by atoms with E-state index in [9.17, 15) is 9.90 Å². The molecule has 5 nitrogen and oxygen atoms in total. The second kappa shape index (κ2) is 7.83. The summed E-state index contributed by atoms with van der Waals surface area (Å²) in [5, 5.41) is 12.1. The molecule has 0 aliphatic rings. The maximum atomic E-state index is 12.1. The number of benzene rings is 1. The Kier molecular flexibility index (Phi) is 5.82. The fourth-order valence-electron chi connectivity index (χ4n) is 2.32. The van der Waals surface area contributed by atoms with Crippen molar-refractivity contribution in [1.82, 2.24) is 5.32 Å². The maximum absolute atomic E-state index is 12.1. The lowest BCUT2D eigenvalue weighted by molar-refractivity contribution is -0.124. The molecule has 23 heavy (non-hydrogen) atoms. The molecule has 0 aliphatic heterocycles. The Bertz CT molecular complexity index is 634. The van der Waals surface area contributed by atoms with Gasteiger partial charge in [0.1, 0.15) is 17.6 Å². The monoisotopic (exact) mass is 317 g/mol. The second-order valence-corrected chi connectivity index (χ2v) is 5.80. The number of aliphatic hydroxyl groups excluding tert-OH is 1. The van der Waals surface area contributed by atoms with Gasteiger partial charge in [0.2, 0.25) is 0 Å². The van der Waals surface area contributed by atoms with Gasteiger partial charge in [0, 0.05) is 0 Å². The highest BCUT2D eigenvalue weighted by molar-refractivity contribution is 5.78. The van der Waals surface area contributed by atoms with Crippen LogP contribution in [0.2, 0.25) is 0 Å². The van der Waals surface area contributed by atoms with Crippen LogP contribution in [-0.2, 0) is 4.79 Å². The molecule has 2 aromatic rings. The summed E-state index contributed by atoms with van der Waals surface area (Å²) in [4.78, 5) is 12.1. The zero-order valence-electron chi connectivity index (χ0n) is 13.7. The van der Waals surface area contributed by atoms with Gasteiger partial charge >= 0.3 is 0 Å². The third-order valence-electron chi connectivity index (χ3n) is 3.55. The molecule has 124 valence electrons. The van der Waals surface area contributed by atoms with Crippen molar-refractivity contribution in [3.05, 3.63) is 53.5 Å². The van der Waals surface area contributed by atoms with E-state index in [1.54, 1.807) is 12.1 Å². The van der Waals surface area contributed by atoms with E-state index in [4.69, 9.17) is 9.15 Å². The molecule has 1 aromatic heterocycles. The van der Waals surface area contributed by atoms with E-state index >= 15 is 0 Å². The maximum Gasteiger partial charge on any atom is 0.258 e. The Hall–Kier alpha value is -2.27. The summed E-state index contributed by atoms with van der Waals surface area (Å²) in [5.74, 6) is 1.23. The first-order valence-corrected chi connectivity index (χ1v) is 7.68. The van der Waals surface area contributed by atoms with Gasteiger partial charge in [-0.15, -0.1) is 0 Å². The molecule has 1 aromatic carbocycles. The van der Waals surface area contributed by atoms with E-state index in [0.29, 0.717) is 17.4 Å². The van der Waals surface area contributed by atoms with Gasteiger partial charge in [-0.2, -0.15) is 0 Å². The van der Waals surface area contributed by atoms with Crippen molar-refractivity contribution in [1.29, 1.82) is 0 Å². The topological polar surface area (TPSA) is 71.7 Å². The van der Waals surface area contributed by atoms with Crippen LogP contribution < -0.4 is 10.1 Å². The Morgan fingerprint density at radius 2 is 2.13 bits per heavy atom. The lowest BCUT2D eigenvalue weighted by Gasteiger charge is -2.17. The summed E-state index contributed by atoms with van der Waals surface area (Å²) in [5.41, 5.74) is 2.14. The molecule has 0 bridgehead atoms. The van der Waals surface area contributed by atoms with Gasteiger partial charge in [-0.1, -0.05) is 26.0 Å². The van der Waals surface area contributed by atoms with Crippen LogP contribution in [0.1, 0.15) is 42.7 Å². The smallest absolute Gasteiger partial charge is 0.258 e. The van der Waals surface area contributed by atoms with Gasteiger partial charge in [0.05, 0.1) is 12.9 Å². The average Bonchev–Trinajstić information content (AvgIpc) is 3.04. The van der Waals surface area contributed by atoms with Crippen LogP contribution in [0.3, 0.4) is 0 Å². The van der Waals surface area contributed by atoms with Gasteiger partial charge in [0.25, 0.3) is 5.91 Å². The SMILES string of the molecule is Cc1ccc(C(C)C)c(OCC(=O)NC(CO)c2ccco2)c1. The predicted molar refractivity (Wildman–Crippen MR) is 87.4 cm³/mol. The fraction of sp³-hybridized carbons (Fsp3) is 0.389. The molecule has 0 fully saturated rings. The van der Waals surface area contributed by atoms with Crippen LogP contribution in [0.25, 0.3) is 0 Å². The minimum absolute atomic E-state index is 0.111. The largest absolute Gasteiger partial charge is 0.483 e. The van der Waals surface area contributed by atoms with Crippen molar-refractivity contribution in [2.45, 2.75) is 32.7 Å². The van der Waals surface area contributed by atoms with Crippen LogP contribution in [0, 0.1) is 6.92 Å². The summed E-state index contributed by atoms with van der Waals surface area (Å²) in [6, 6.07) is 8.83. The van der Waals surface area contributed by atoms with Gasteiger partial charge in [-0.05, 0) is 42.2 Å². The number of hydrogen-bond donors (Lipinski definition) is 2. The van der Waals surface area contributed by atoms with Crippen molar-refractivity contribution in [3.8, 4) is 5.75 Å². The fourth-order valence-corrected chi connectivity index (χ4v) is 2.32. The van der Waals surface area contributed by atoms with Gasteiger partial charge in [-0.25, -0.2) is 0 Å². The zero-order valence-corrected chi connectivity index (χ0v) is 13.7. The Labute approximate surface area is 136 Å². The molecule has 0 saturated carbocycles. The highest BCUT2D eigenvalue weighted by Crippen LogP contribution is 2.27. The van der Waals surface area contributed by atoms with Crippen LogP contribution in [0.5, 0.6) is 5.75 Å². The van der Waals surface area contributed by atoms with Crippen LogP contribution in [0.4, 0.5) is 0 Å². The number of furan rings is 1. The molecule has 0 saturated heterocycles. The highest BCUT2D eigenvalue weighted by atomic mass is 16.5. The standard InChI is InChI=1S/C18H23NO4/c1-12(2)14-7-6-13(3)9-17(14)23-11-18(21)19-15(10-20)16-5-4-8-22-16/h4-9,12,15,20H,10-11H2,1-3H3,(H,19,21). The van der Waals surface area contributed by atoms with Gasteiger partial charge in [0.15, 0.2) is 6.61 Å². The van der Waals surface area contributed by atoms with Crippen LogP contribution >= 0.6 is 0 Å². The number of amides is 1. The van der Waals surface area contributed by atoms with E-state index in [2.05, 4.69) is 19.2 Å². The zero-order chi connectivity index (χ0) is 16.8. The molecule has 1 heterocycles. The van der Waals surface area contributed by atoms with E-state index in [0.717, 1.165) is 11.1 Å². The molecule has 2 rings (SSSR count).